The highest BCUT2D eigenvalue weighted by atomic mass is 32.1. The fourth-order valence-corrected chi connectivity index (χ4v) is 2.24. The predicted molar refractivity (Wildman–Crippen MR) is 61.8 cm³/mol. The van der Waals surface area contributed by atoms with E-state index in [2.05, 4.69) is 0 Å². The monoisotopic (exact) mass is 233 g/mol. The van der Waals surface area contributed by atoms with Gasteiger partial charge in [0.2, 0.25) is 0 Å². The number of hydrogen-bond acceptors (Lipinski definition) is 4. The molecule has 5 heteroatoms. The van der Waals surface area contributed by atoms with Crippen LogP contribution in [0.15, 0.2) is 35.7 Å². The van der Waals surface area contributed by atoms with Gasteiger partial charge in [-0.3, -0.25) is 14.9 Å². The molecule has 1 aromatic heterocycles. The van der Waals surface area contributed by atoms with Gasteiger partial charge in [0.1, 0.15) is 0 Å². The number of para-hydroxylation sites is 1. The van der Waals surface area contributed by atoms with Crippen LogP contribution in [0.2, 0.25) is 0 Å². The zero-order chi connectivity index (χ0) is 11.5. The molecule has 0 saturated carbocycles. The molecule has 2 aromatic rings. The maximum absolute atomic E-state index is 10.9. The van der Waals surface area contributed by atoms with Crippen molar-refractivity contribution in [1.82, 2.24) is 0 Å². The largest absolute Gasteiger partial charge is 0.298 e. The van der Waals surface area contributed by atoms with Gasteiger partial charge in [0.15, 0.2) is 6.29 Å². The van der Waals surface area contributed by atoms with Gasteiger partial charge in [0.25, 0.3) is 5.69 Å². The normalized spacial score (nSPS) is 10.0. The molecule has 0 aliphatic rings. The minimum Gasteiger partial charge on any atom is -0.298 e. The number of nitro benzene ring substituents is 1. The first-order valence-electron chi connectivity index (χ1n) is 4.50. The summed E-state index contributed by atoms with van der Waals surface area (Å²) in [6, 6.07) is 8.35. The number of thiophene rings is 1. The summed E-state index contributed by atoms with van der Waals surface area (Å²) in [5.41, 5.74) is 0.473. The molecular weight excluding hydrogens is 226 g/mol. The maximum atomic E-state index is 10.9. The number of carbonyl (C=O) groups excluding carboxylic acids is 1. The average molecular weight is 233 g/mol. The molecule has 1 aromatic carbocycles. The molecule has 0 amide bonds. The first kappa shape index (κ1) is 10.5. The summed E-state index contributed by atoms with van der Waals surface area (Å²) in [4.78, 5) is 22.0. The van der Waals surface area contributed by atoms with Gasteiger partial charge in [-0.25, -0.2) is 0 Å². The zero-order valence-corrected chi connectivity index (χ0v) is 8.94. The molecule has 0 saturated heterocycles. The molecule has 0 aliphatic carbocycles. The molecule has 1 heterocycles. The van der Waals surface area contributed by atoms with E-state index >= 15 is 0 Å². The van der Waals surface area contributed by atoms with Crippen molar-refractivity contribution in [1.29, 1.82) is 0 Å². The van der Waals surface area contributed by atoms with Crippen molar-refractivity contribution >= 4 is 23.3 Å². The van der Waals surface area contributed by atoms with Crippen molar-refractivity contribution in [3.05, 3.63) is 51.4 Å². The van der Waals surface area contributed by atoms with E-state index in [-0.39, 0.29) is 11.3 Å². The van der Waals surface area contributed by atoms with Crippen LogP contribution in [0.3, 0.4) is 0 Å². The lowest BCUT2D eigenvalue weighted by Crippen LogP contribution is -1.96. The predicted octanol–water partition coefficient (Wildman–Crippen LogP) is 3.14. The number of nitrogens with zero attached hydrogens (tertiary/aromatic N) is 1. The lowest BCUT2D eigenvalue weighted by Gasteiger charge is -2.01. The number of carbonyl (C=O) groups is 1. The van der Waals surface area contributed by atoms with Crippen LogP contribution in [-0.4, -0.2) is 11.2 Å². The van der Waals surface area contributed by atoms with Gasteiger partial charge in [-0.2, -0.15) is 0 Å². The van der Waals surface area contributed by atoms with E-state index in [0.717, 1.165) is 4.88 Å². The van der Waals surface area contributed by atoms with Crippen molar-refractivity contribution in [2.75, 3.05) is 0 Å². The third-order valence-corrected chi connectivity index (χ3v) is 3.07. The molecule has 2 rings (SSSR count). The second-order valence-electron chi connectivity index (χ2n) is 3.10. The minimum absolute atomic E-state index is 0.107. The summed E-state index contributed by atoms with van der Waals surface area (Å²) >= 11 is 1.41. The lowest BCUT2D eigenvalue weighted by atomic mass is 10.1. The van der Waals surface area contributed by atoms with Crippen LogP contribution in [0.25, 0.3) is 10.4 Å². The van der Waals surface area contributed by atoms with Crippen LogP contribution in [0.5, 0.6) is 0 Å². The number of aldehydes is 1. The maximum Gasteiger partial charge on any atom is 0.288 e. The van der Waals surface area contributed by atoms with Gasteiger partial charge in [-0.05, 0) is 23.6 Å². The standard InChI is InChI=1S/C11H7NO3S/c13-7-8-3-1-4-9(11(8)12(14)15)10-5-2-6-16-10/h1-7H. The highest BCUT2D eigenvalue weighted by molar-refractivity contribution is 7.13. The summed E-state index contributed by atoms with van der Waals surface area (Å²) in [6.45, 7) is 0. The first-order chi connectivity index (χ1) is 7.74. The van der Waals surface area contributed by atoms with E-state index in [9.17, 15) is 14.9 Å². The van der Waals surface area contributed by atoms with E-state index in [1.807, 2.05) is 11.4 Å². The quantitative estimate of drug-likeness (QED) is 0.465. The van der Waals surface area contributed by atoms with Crippen LogP contribution in [-0.2, 0) is 0 Å². The Morgan fingerprint density at radius 1 is 1.25 bits per heavy atom. The molecule has 0 radical (unpaired) electrons. The Morgan fingerprint density at radius 3 is 2.62 bits per heavy atom. The first-order valence-corrected chi connectivity index (χ1v) is 5.38. The van der Waals surface area contributed by atoms with Gasteiger partial charge in [0.05, 0.1) is 16.1 Å². The number of hydrogen-bond donors (Lipinski definition) is 0. The number of benzene rings is 1. The van der Waals surface area contributed by atoms with Crippen molar-refractivity contribution in [3.8, 4) is 10.4 Å². The van der Waals surface area contributed by atoms with Gasteiger partial charge in [-0.1, -0.05) is 12.1 Å². The summed E-state index contributed by atoms with van der Waals surface area (Å²) in [5.74, 6) is 0. The van der Waals surface area contributed by atoms with E-state index in [1.165, 1.54) is 17.4 Å². The van der Waals surface area contributed by atoms with Crippen molar-refractivity contribution in [2.45, 2.75) is 0 Å². The zero-order valence-electron chi connectivity index (χ0n) is 8.12. The lowest BCUT2D eigenvalue weighted by molar-refractivity contribution is -0.384. The second kappa shape index (κ2) is 4.24. The van der Waals surface area contributed by atoms with E-state index < -0.39 is 4.92 Å². The second-order valence-corrected chi connectivity index (χ2v) is 4.04. The molecule has 4 nitrogen and oxygen atoms in total. The SMILES string of the molecule is O=Cc1cccc(-c2cccs2)c1[N+](=O)[O-]. The molecular formula is C11H7NO3S. The highest BCUT2D eigenvalue weighted by Gasteiger charge is 2.20. The highest BCUT2D eigenvalue weighted by Crippen LogP contribution is 2.34. The van der Waals surface area contributed by atoms with Crippen molar-refractivity contribution in [3.63, 3.8) is 0 Å². The third kappa shape index (κ3) is 1.72. The van der Waals surface area contributed by atoms with Crippen LogP contribution in [0.1, 0.15) is 10.4 Å². The Hall–Kier alpha value is -2.01. The van der Waals surface area contributed by atoms with Gasteiger partial charge in [-0.15, -0.1) is 11.3 Å². The van der Waals surface area contributed by atoms with E-state index in [0.29, 0.717) is 11.8 Å². The molecule has 80 valence electrons. The average Bonchev–Trinajstić information content (AvgIpc) is 2.81. The summed E-state index contributed by atoms with van der Waals surface area (Å²) < 4.78 is 0. The molecule has 0 N–H and O–H groups in total. The fraction of sp³-hybridized carbons (Fsp3) is 0. The van der Waals surface area contributed by atoms with Crippen LogP contribution >= 0.6 is 11.3 Å². The van der Waals surface area contributed by atoms with Gasteiger partial charge in [0, 0.05) is 4.88 Å². The van der Waals surface area contributed by atoms with E-state index in [4.69, 9.17) is 0 Å². The number of nitro groups is 1. The molecule has 0 atom stereocenters. The topological polar surface area (TPSA) is 60.2 Å². The smallest absolute Gasteiger partial charge is 0.288 e. The van der Waals surface area contributed by atoms with Crippen molar-refractivity contribution < 1.29 is 9.72 Å². The Labute approximate surface area is 95.3 Å². The van der Waals surface area contributed by atoms with Crippen LogP contribution < -0.4 is 0 Å². The molecule has 0 fully saturated rings. The number of rotatable bonds is 3. The van der Waals surface area contributed by atoms with Crippen molar-refractivity contribution in [2.24, 2.45) is 0 Å². The fourth-order valence-electron chi connectivity index (χ4n) is 1.49. The summed E-state index contributed by atoms with van der Waals surface area (Å²) in [6.07, 6.45) is 0.509. The summed E-state index contributed by atoms with van der Waals surface area (Å²) in [7, 11) is 0. The Morgan fingerprint density at radius 2 is 2.06 bits per heavy atom. The van der Waals surface area contributed by atoms with Crippen LogP contribution in [0, 0.1) is 10.1 Å². The molecule has 0 aliphatic heterocycles. The van der Waals surface area contributed by atoms with E-state index in [1.54, 1.807) is 18.2 Å². The molecule has 0 spiro atoms. The Kier molecular flexibility index (Phi) is 2.78. The molecule has 0 unspecified atom stereocenters. The third-order valence-electron chi connectivity index (χ3n) is 2.16. The molecule has 0 bridgehead atoms. The Bertz CT molecular complexity index is 534. The summed E-state index contributed by atoms with van der Waals surface area (Å²) in [5, 5.41) is 12.8. The van der Waals surface area contributed by atoms with Gasteiger partial charge < -0.3 is 0 Å². The molecule has 16 heavy (non-hydrogen) atoms. The minimum atomic E-state index is -0.515. The van der Waals surface area contributed by atoms with Gasteiger partial charge >= 0.3 is 0 Å². The Balaban J connectivity index is 2.70. The van der Waals surface area contributed by atoms with Crippen LogP contribution in [0.4, 0.5) is 5.69 Å².